The Morgan fingerprint density at radius 1 is 1.24 bits per heavy atom. The van der Waals surface area contributed by atoms with Gasteiger partial charge in [-0.05, 0) is 42.8 Å². The molecular formula is C15H15IN2O3. The summed E-state index contributed by atoms with van der Waals surface area (Å²) in [7, 11) is 0. The van der Waals surface area contributed by atoms with Crippen molar-refractivity contribution < 1.29 is 9.66 Å². The van der Waals surface area contributed by atoms with Gasteiger partial charge in [0.05, 0.1) is 11.5 Å². The maximum atomic E-state index is 11.1. The summed E-state index contributed by atoms with van der Waals surface area (Å²) in [6, 6.07) is 12.5. The zero-order valence-electron chi connectivity index (χ0n) is 11.5. The van der Waals surface area contributed by atoms with Crippen LogP contribution in [0.3, 0.4) is 0 Å². The number of anilines is 2. The van der Waals surface area contributed by atoms with Crippen LogP contribution < -0.4 is 10.1 Å². The van der Waals surface area contributed by atoms with Crippen molar-refractivity contribution in [3.63, 3.8) is 0 Å². The number of nitro benzene ring substituents is 1. The van der Waals surface area contributed by atoms with E-state index in [-0.39, 0.29) is 10.6 Å². The van der Waals surface area contributed by atoms with E-state index >= 15 is 0 Å². The minimum Gasteiger partial charge on any atom is -0.494 e. The van der Waals surface area contributed by atoms with Crippen LogP contribution in [0.5, 0.6) is 5.75 Å². The van der Waals surface area contributed by atoms with Crippen molar-refractivity contribution in [3.05, 3.63) is 58.1 Å². The van der Waals surface area contributed by atoms with E-state index in [9.17, 15) is 10.1 Å². The van der Waals surface area contributed by atoms with E-state index in [1.54, 1.807) is 12.1 Å². The van der Waals surface area contributed by atoms with Crippen molar-refractivity contribution in [2.24, 2.45) is 0 Å². The molecule has 0 aliphatic heterocycles. The van der Waals surface area contributed by atoms with Gasteiger partial charge in [0.2, 0.25) is 0 Å². The molecule has 0 aromatic heterocycles. The first-order chi connectivity index (χ1) is 10.1. The van der Waals surface area contributed by atoms with Gasteiger partial charge >= 0.3 is 0 Å². The quantitative estimate of drug-likeness (QED) is 0.332. The number of alkyl halides is 1. The maximum absolute atomic E-state index is 11.1. The number of rotatable bonds is 6. The van der Waals surface area contributed by atoms with Crippen molar-refractivity contribution in [3.8, 4) is 5.75 Å². The molecule has 5 nitrogen and oxygen atoms in total. The van der Waals surface area contributed by atoms with Crippen LogP contribution in [0, 0.1) is 10.1 Å². The van der Waals surface area contributed by atoms with Crippen LogP contribution in [0.2, 0.25) is 0 Å². The first kappa shape index (κ1) is 15.6. The van der Waals surface area contributed by atoms with Gasteiger partial charge in [0.15, 0.2) is 0 Å². The van der Waals surface area contributed by atoms with Crippen molar-refractivity contribution in [1.82, 2.24) is 0 Å². The lowest BCUT2D eigenvalue weighted by Crippen LogP contribution is -1.98. The smallest absolute Gasteiger partial charge is 0.292 e. The van der Waals surface area contributed by atoms with Crippen molar-refractivity contribution in [1.29, 1.82) is 0 Å². The summed E-state index contributed by atoms with van der Waals surface area (Å²) >= 11 is 2.23. The molecule has 0 bridgehead atoms. The van der Waals surface area contributed by atoms with Gasteiger partial charge in [-0.1, -0.05) is 28.7 Å². The Bertz CT molecular complexity index is 629. The lowest BCUT2D eigenvalue weighted by Gasteiger charge is -2.09. The Morgan fingerprint density at radius 2 is 1.95 bits per heavy atom. The highest BCUT2D eigenvalue weighted by Crippen LogP contribution is 2.30. The molecule has 1 N–H and O–H groups in total. The number of hydrogen-bond donors (Lipinski definition) is 1. The lowest BCUT2D eigenvalue weighted by atomic mass is 10.2. The molecule has 6 heteroatoms. The number of hydrogen-bond acceptors (Lipinski definition) is 4. The zero-order chi connectivity index (χ0) is 15.2. The molecule has 2 aromatic rings. The Morgan fingerprint density at radius 3 is 2.52 bits per heavy atom. The molecule has 0 radical (unpaired) electrons. The second-order valence-corrected chi connectivity index (χ2v) is 5.09. The normalized spacial score (nSPS) is 10.2. The maximum Gasteiger partial charge on any atom is 0.292 e. The van der Waals surface area contributed by atoms with Gasteiger partial charge in [-0.15, -0.1) is 0 Å². The van der Waals surface area contributed by atoms with E-state index in [0.29, 0.717) is 12.3 Å². The summed E-state index contributed by atoms with van der Waals surface area (Å²) in [6.45, 7) is 2.53. The van der Waals surface area contributed by atoms with E-state index in [4.69, 9.17) is 4.74 Å². The molecule has 2 rings (SSSR count). The number of benzene rings is 2. The summed E-state index contributed by atoms with van der Waals surface area (Å²) in [4.78, 5) is 10.7. The molecule has 0 atom stereocenters. The first-order valence-electron chi connectivity index (χ1n) is 6.47. The van der Waals surface area contributed by atoms with Crippen LogP contribution in [0.15, 0.2) is 42.5 Å². The van der Waals surface area contributed by atoms with E-state index in [2.05, 4.69) is 27.9 Å². The highest BCUT2D eigenvalue weighted by Gasteiger charge is 2.14. The van der Waals surface area contributed by atoms with Gasteiger partial charge in [0.1, 0.15) is 11.4 Å². The van der Waals surface area contributed by atoms with E-state index in [0.717, 1.165) is 21.4 Å². The van der Waals surface area contributed by atoms with Gasteiger partial charge in [0, 0.05) is 16.2 Å². The summed E-state index contributed by atoms with van der Waals surface area (Å²) in [6.07, 6.45) is 0. The second kappa shape index (κ2) is 7.26. The first-order valence-corrected chi connectivity index (χ1v) is 7.99. The van der Waals surface area contributed by atoms with E-state index in [1.165, 1.54) is 6.07 Å². The van der Waals surface area contributed by atoms with Crippen LogP contribution in [-0.2, 0) is 4.43 Å². The Hall–Kier alpha value is -1.83. The fourth-order valence-corrected chi connectivity index (χ4v) is 2.36. The fourth-order valence-electron chi connectivity index (χ4n) is 1.88. The van der Waals surface area contributed by atoms with Crippen molar-refractivity contribution in [2.75, 3.05) is 11.9 Å². The average molecular weight is 398 g/mol. The summed E-state index contributed by atoms with van der Waals surface area (Å²) < 4.78 is 6.17. The minimum atomic E-state index is -0.381. The van der Waals surface area contributed by atoms with Crippen molar-refractivity contribution in [2.45, 2.75) is 11.4 Å². The largest absolute Gasteiger partial charge is 0.494 e. The summed E-state index contributed by atoms with van der Waals surface area (Å²) in [5.41, 5.74) is 2.39. The second-order valence-electron chi connectivity index (χ2n) is 4.32. The van der Waals surface area contributed by atoms with Gasteiger partial charge < -0.3 is 10.1 Å². The van der Waals surface area contributed by atoms with Crippen LogP contribution in [-0.4, -0.2) is 11.5 Å². The molecule has 21 heavy (non-hydrogen) atoms. The third-order valence-electron chi connectivity index (χ3n) is 2.86. The number of ether oxygens (including phenoxy) is 1. The number of nitrogens with one attached hydrogen (secondary N) is 1. The molecule has 0 amide bonds. The summed E-state index contributed by atoms with van der Waals surface area (Å²) in [5, 5.41) is 14.2. The molecule has 0 heterocycles. The molecule has 0 aliphatic rings. The third kappa shape index (κ3) is 4.07. The Kier molecular flexibility index (Phi) is 5.38. The fraction of sp³-hybridized carbons (Fsp3) is 0.200. The van der Waals surface area contributed by atoms with Crippen LogP contribution in [0.4, 0.5) is 17.1 Å². The van der Waals surface area contributed by atoms with Gasteiger partial charge in [-0.2, -0.15) is 0 Å². The zero-order valence-corrected chi connectivity index (χ0v) is 13.7. The number of nitro groups is 1. The lowest BCUT2D eigenvalue weighted by molar-refractivity contribution is -0.383. The topological polar surface area (TPSA) is 64.4 Å². The molecule has 2 aromatic carbocycles. The molecular weight excluding hydrogens is 383 g/mol. The van der Waals surface area contributed by atoms with Gasteiger partial charge in [0.25, 0.3) is 5.69 Å². The highest BCUT2D eigenvalue weighted by atomic mass is 127. The van der Waals surface area contributed by atoms with Crippen LogP contribution in [0.1, 0.15) is 12.5 Å². The standard InChI is InChI=1S/C15H15IN2O3/c1-2-21-13-6-4-12(5-7-13)17-14-9-11(10-16)3-8-15(14)18(19)20/h3-9,17H,2,10H2,1H3. The highest BCUT2D eigenvalue weighted by molar-refractivity contribution is 14.1. The van der Waals surface area contributed by atoms with Crippen molar-refractivity contribution >= 4 is 39.7 Å². The van der Waals surface area contributed by atoms with Crippen LogP contribution >= 0.6 is 22.6 Å². The van der Waals surface area contributed by atoms with Crippen LogP contribution in [0.25, 0.3) is 0 Å². The summed E-state index contributed by atoms with van der Waals surface area (Å²) in [5.74, 6) is 0.776. The number of nitrogens with zero attached hydrogens (tertiary/aromatic N) is 1. The molecule has 110 valence electrons. The average Bonchev–Trinajstić information content (AvgIpc) is 2.49. The minimum absolute atomic E-state index is 0.0671. The Balaban J connectivity index is 2.26. The van der Waals surface area contributed by atoms with Gasteiger partial charge in [-0.3, -0.25) is 10.1 Å². The predicted octanol–water partition coefficient (Wildman–Crippen LogP) is 4.67. The molecule has 0 saturated carbocycles. The van der Waals surface area contributed by atoms with E-state index in [1.807, 2.05) is 31.2 Å². The molecule has 0 unspecified atom stereocenters. The third-order valence-corrected chi connectivity index (χ3v) is 3.74. The monoisotopic (exact) mass is 398 g/mol. The molecule has 0 saturated heterocycles. The molecule has 0 fully saturated rings. The predicted molar refractivity (Wildman–Crippen MR) is 91.7 cm³/mol. The number of halogens is 1. The van der Waals surface area contributed by atoms with Gasteiger partial charge in [-0.25, -0.2) is 0 Å². The molecule has 0 aliphatic carbocycles. The molecule has 0 spiro atoms. The SMILES string of the molecule is CCOc1ccc(Nc2cc(CI)ccc2[N+](=O)[O-])cc1. The Labute approximate surface area is 136 Å². The van der Waals surface area contributed by atoms with E-state index < -0.39 is 0 Å².